The van der Waals surface area contributed by atoms with E-state index in [0.717, 1.165) is 0 Å². The van der Waals surface area contributed by atoms with E-state index in [1.54, 1.807) is 24.3 Å². The number of amides is 2. The topological polar surface area (TPSA) is 98.0 Å². The van der Waals surface area contributed by atoms with Gasteiger partial charge in [-0.15, -0.1) is 0 Å². The number of aromatic nitrogens is 2. The second-order valence-corrected chi connectivity index (χ2v) is 7.17. The van der Waals surface area contributed by atoms with Crippen LogP contribution in [-0.2, 0) is 34.8 Å². The third-order valence-electron chi connectivity index (χ3n) is 4.60. The molecule has 0 saturated heterocycles. The van der Waals surface area contributed by atoms with Crippen molar-refractivity contribution in [2.24, 2.45) is 5.73 Å². The van der Waals surface area contributed by atoms with Gasteiger partial charge in [0.15, 0.2) is 0 Å². The van der Waals surface area contributed by atoms with E-state index in [1.807, 2.05) is 0 Å². The van der Waals surface area contributed by atoms with Crippen LogP contribution in [0.25, 0.3) is 11.0 Å². The average Bonchev–Trinajstić information content (AvgIpc) is 2.71. The number of nitrogens with zero attached hydrogens (tertiary/aromatic N) is 2. The van der Waals surface area contributed by atoms with E-state index in [4.69, 9.17) is 5.73 Å². The molecule has 3 N–H and O–H groups in total. The van der Waals surface area contributed by atoms with E-state index < -0.39 is 53.3 Å². The molecule has 174 valence electrons. The first-order valence-electron chi connectivity index (χ1n) is 9.40. The summed E-state index contributed by atoms with van der Waals surface area (Å²) in [7, 11) is 0. The van der Waals surface area contributed by atoms with Crippen LogP contribution in [0.5, 0.6) is 0 Å². The molecule has 1 heterocycles. The predicted molar refractivity (Wildman–Crippen MR) is 105 cm³/mol. The molecule has 12 heteroatoms. The molecular formula is C21H16F6N4O2. The molecule has 3 aromatic rings. The Kier molecular flexibility index (Phi) is 6.56. The zero-order valence-corrected chi connectivity index (χ0v) is 16.7. The predicted octanol–water partition coefficient (Wildman–Crippen LogP) is 3.42. The maximum atomic E-state index is 13.0. The van der Waals surface area contributed by atoms with Gasteiger partial charge in [-0.05, 0) is 35.9 Å². The molecule has 1 atom stereocenters. The van der Waals surface area contributed by atoms with Crippen molar-refractivity contribution < 1.29 is 35.9 Å². The Morgan fingerprint density at radius 1 is 0.939 bits per heavy atom. The molecule has 33 heavy (non-hydrogen) atoms. The largest absolute Gasteiger partial charge is 0.416 e. The standard InChI is InChI=1S/C21H16F6N4O2/c22-20(23,24)12-5-11(6-13(8-12)21(25,26)27)7-18(32)31-17(19(28)33)9-14-10-29-15-3-1-2-4-16(15)30-14/h1-6,8,10,17H,7,9H2,(H2,28,33)(H,31,32)/t17-/m0/s1. The summed E-state index contributed by atoms with van der Waals surface area (Å²) in [5.41, 5.74) is 3.10. The van der Waals surface area contributed by atoms with Gasteiger partial charge in [-0.25, -0.2) is 4.98 Å². The van der Waals surface area contributed by atoms with E-state index in [0.29, 0.717) is 28.9 Å². The summed E-state index contributed by atoms with van der Waals surface area (Å²) in [4.78, 5) is 32.6. The van der Waals surface area contributed by atoms with Crippen LogP contribution in [0.15, 0.2) is 48.7 Å². The number of benzene rings is 2. The minimum absolute atomic E-state index is 0.0357. The molecule has 0 saturated carbocycles. The SMILES string of the molecule is NC(=O)[C@H](Cc1cnc2ccccc2n1)NC(=O)Cc1cc(C(F)(F)F)cc(C(F)(F)F)c1. The number of hydrogen-bond acceptors (Lipinski definition) is 4. The van der Waals surface area contributed by atoms with Crippen LogP contribution >= 0.6 is 0 Å². The van der Waals surface area contributed by atoms with Crippen molar-refractivity contribution in [1.29, 1.82) is 0 Å². The number of fused-ring (bicyclic) bond motifs is 1. The van der Waals surface area contributed by atoms with Crippen LogP contribution in [0.4, 0.5) is 26.3 Å². The first kappa shape index (κ1) is 24.0. The number of carbonyl (C=O) groups is 2. The maximum absolute atomic E-state index is 13.0. The van der Waals surface area contributed by atoms with Crippen LogP contribution in [0, 0.1) is 0 Å². The number of primary amides is 1. The Labute approximate surface area is 182 Å². The number of carbonyl (C=O) groups excluding carboxylic acids is 2. The molecule has 2 aromatic carbocycles. The van der Waals surface area contributed by atoms with E-state index in [9.17, 15) is 35.9 Å². The Morgan fingerprint density at radius 2 is 1.52 bits per heavy atom. The van der Waals surface area contributed by atoms with Gasteiger partial charge in [-0.3, -0.25) is 14.6 Å². The monoisotopic (exact) mass is 470 g/mol. The fourth-order valence-electron chi connectivity index (χ4n) is 3.08. The number of rotatable bonds is 6. The van der Waals surface area contributed by atoms with Gasteiger partial charge in [-0.2, -0.15) is 26.3 Å². The summed E-state index contributed by atoms with van der Waals surface area (Å²) in [5, 5.41) is 2.23. The van der Waals surface area contributed by atoms with Gasteiger partial charge in [0.05, 0.1) is 34.3 Å². The lowest BCUT2D eigenvalue weighted by Crippen LogP contribution is -2.46. The third-order valence-corrected chi connectivity index (χ3v) is 4.60. The molecule has 0 radical (unpaired) electrons. The Balaban J connectivity index is 1.79. The molecule has 0 aliphatic rings. The van der Waals surface area contributed by atoms with Crippen molar-refractivity contribution in [3.8, 4) is 0 Å². The van der Waals surface area contributed by atoms with Gasteiger partial charge < -0.3 is 11.1 Å². The van der Waals surface area contributed by atoms with Crippen LogP contribution in [0.1, 0.15) is 22.4 Å². The first-order chi connectivity index (χ1) is 15.3. The van der Waals surface area contributed by atoms with Gasteiger partial charge >= 0.3 is 12.4 Å². The van der Waals surface area contributed by atoms with Crippen LogP contribution < -0.4 is 11.1 Å². The van der Waals surface area contributed by atoms with Gasteiger partial charge in [0.25, 0.3) is 0 Å². The highest BCUT2D eigenvalue weighted by atomic mass is 19.4. The van der Waals surface area contributed by atoms with Gasteiger partial charge in [0.1, 0.15) is 6.04 Å². The van der Waals surface area contributed by atoms with Crippen molar-refractivity contribution in [3.63, 3.8) is 0 Å². The highest BCUT2D eigenvalue weighted by Gasteiger charge is 2.37. The summed E-state index contributed by atoms with van der Waals surface area (Å²) in [6.45, 7) is 0. The number of hydrogen-bond donors (Lipinski definition) is 2. The lowest BCUT2D eigenvalue weighted by molar-refractivity contribution is -0.143. The third kappa shape index (κ3) is 6.18. The second kappa shape index (κ2) is 9.04. The maximum Gasteiger partial charge on any atom is 0.416 e. The Morgan fingerprint density at radius 3 is 2.06 bits per heavy atom. The van der Waals surface area contributed by atoms with Crippen LogP contribution in [0.2, 0.25) is 0 Å². The highest BCUT2D eigenvalue weighted by molar-refractivity contribution is 5.87. The average molecular weight is 470 g/mol. The molecule has 6 nitrogen and oxygen atoms in total. The van der Waals surface area contributed by atoms with Gasteiger partial charge in [0, 0.05) is 12.6 Å². The summed E-state index contributed by atoms with van der Waals surface area (Å²) < 4.78 is 78.0. The number of halogens is 6. The van der Waals surface area contributed by atoms with Gasteiger partial charge in [-0.1, -0.05) is 12.1 Å². The molecule has 0 spiro atoms. The lowest BCUT2D eigenvalue weighted by atomic mass is 10.0. The molecule has 2 amide bonds. The van der Waals surface area contributed by atoms with Crippen molar-refractivity contribution in [2.75, 3.05) is 0 Å². The molecular weight excluding hydrogens is 454 g/mol. The van der Waals surface area contributed by atoms with Crippen molar-refractivity contribution in [3.05, 3.63) is 71.0 Å². The van der Waals surface area contributed by atoms with E-state index in [-0.39, 0.29) is 12.5 Å². The number of nitrogens with one attached hydrogen (secondary N) is 1. The lowest BCUT2D eigenvalue weighted by Gasteiger charge is -2.17. The molecule has 3 rings (SSSR count). The number of alkyl halides is 6. The molecule has 0 aliphatic carbocycles. The zero-order valence-electron chi connectivity index (χ0n) is 16.7. The molecule has 0 fully saturated rings. The number of para-hydroxylation sites is 2. The van der Waals surface area contributed by atoms with Gasteiger partial charge in [0.2, 0.25) is 11.8 Å². The first-order valence-corrected chi connectivity index (χ1v) is 9.40. The summed E-state index contributed by atoms with van der Waals surface area (Å²) >= 11 is 0. The fourth-order valence-corrected chi connectivity index (χ4v) is 3.08. The number of nitrogens with two attached hydrogens (primary N) is 1. The molecule has 1 aromatic heterocycles. The second-order valence-electron chi connectivity index (χ2n) is 7.17. The summed E-state index contributed by atoms with van der Waals surface area (Å²) in [6, 6.07) is 6.41. The highest BCUT2D eigenvalue weighted by Crippen LogP contribution is 2.36. The minimum atomic E-state index is -5.04. The van der Waals surface area contributed by atoms with Crippen molar-refractivity contribution in [2.45, 2.75) is 31.2 Å². The summed E-state index contributed by atoms with van der Waals surface area (Å²) in [6.07, 6.45) is -9.73. The zero-order chi connectivity index (χ0) is 24.4. The summed E-state index contributed by atoms with van der Waals surface area (Å²) in [5.74, 6) is -1.95. The van der Waals surface area contributed by atoms with E-state index in [2.05, 4.69) is 15.3 Å². The van der Waals surface area contributed by atoms with E-state index in [1.165, 1.54) is 6.20 Å². The van der Waals surface area contributed by atoms with E-state index >= 15 is 0 Å². The minimum Gasteiger partial charge on any atom is -0.368 e. The van der Waals surface area contributed by atoms with Crippen LogP contribution in [0.3, 0.4) is 0 Å². The normalized spacial score (nSPS) is 13.0. The van der Waals surface area contributed by atoms with Crippen molar-refractivity contribution >= 4 is 22.8 Å². The Bertz CT molecular complexity index is 1160. The molecule has 0 unspecified atom stereocenters. The quantitative estimate of drug-likeness (QED) is 0.540. The van der Waals surface area contributed by atoms with Crippen molar-refractivity contribution in [1.82, 2.24) is 15.3 Å². The Hall–Kier alpha value is -3.70. The smallest absolute Gasteiger partial charge is 0.368 e. The van der Waals surface area contributed by atoms with Crippen LogP contribution in [-0.4, -0.2) is 27.8 Å². The fraction of sp³-hybridized carbons (Fsp3) is 0.238. The molecule has 0 bridgehead atoms. The molecule has 0 aliphatic heterocycles.